The van der Waals surface area contributed by atoms with Gasteiger partial charge in [0.05, 0.1) is 25.4 Å². The number of carbonyl (C=O) groups is 2. The number of anilines is 1. The molecule has 1 unspecified atom stereocenters. The van der Waals surface area contributed by atoms with Crippen LogP contribution in [0.2, 0.25) is 0 Å². The van der Waals surface area contributed by atoms with Gasteiger partial charge in [-0.15, -0.1) is 5.10 Å². The molecule has 0 bridgehead atoms. The number of amides is 2. The second-order valence-corrected chi connectivity index (χ2v) is 9.70. The van der Waals surface area contributed by atoms with Crippen molar-refractivity contribution in [3.05, 3.63) is 78.1 Å². The summed E-state index contributed by atoms with van der Waals surface area (Å²) in [6.07, 6.45) is 0. The molecule has 0 aliphatic rings. The number of methoxy groups -OCH3 is 2. The Labute approximate surface area is 220 Å². The van der Waals surface area contributed by atoms with Crippen molar-refractivity contribution in [1.29, 1.82) is 0 Å². The zero-order valence-electron chi connectivity index (χ0n) is 21.9. The van der Waals surface area contributed by atoms with Gasteiger partial charge in [0, 0.05) is 11.1 Å². The monoisotopic (exact) mass is 519 g/mol. The Morgan fingerprint density at radius 3 is 2.42 bits per heavy atom. The summed E-state index contributed by atoms with van der Waals surface area (Å²) < 4.78 is 27.7. The number of nitrogens with zero attached hydrogens (tertiary/aromatic N) is 4. The van der Waals surface area contributed by atoms with Crippen molar-refractivity contribution in [2.75, 3.05) is 19.1 Å². The molecule has 0 aliphatic carbocycles. The van der Waals surface area contributed by atoms with Crippen molar-refractivity contribution < 1.29 is 23.5 Å². The lowest BCUT2D eigenvalue weighted by Gasteiger charge is -2.34. The molecule has 1 N–H and O–H groups in total. The summed E-state index contributed by atoms with van der Waals surface area (Å²) in [5.74, 6) is -0.994. The number of carbonyl (C=O) groups excluding carboxylic acids is 2. The molecule has 4 aromatic rings. The highest BCUT2D eigenvalue weighted by Crippen LogP contribution is 2.37. The van der Waals surface area contributed by atoms with E-state index in [1.807, 2.05) is 32.9 Å². The highest BCUT2D eigenvalue weighted by Gasteiger charge is 2.38. The minimum atomic E-state index is -1.31. The normalized spacial score (nSPS) is 12.2. The molecule has 0 spiro atoms. The molecule has 0 fully saturated rings. The van der Waals surface area contributed by atoms with Gasteiger partial charge in [-0.2, -0.15) is 0 Å². The molecule has 4 rings (SSSR count). The lowest BCUT2D eigenvalue weighted by Crippen LogP contribution is -2.50. The fourth-order valence-electron chi connectivity index (χ4n) is 4.19. The number of aromatic nitrogens is 3. The first kappa shape index (κ1) is 26.6. The lowest BCUT2D eigenvalue weighted by molar-refractivity contribution is -0.128. The molecule has 2 amide bonds. The fourth-order valence-corrected chi connectivity index (χ4v) is 4.19. The third-order valence-corrected chi connectivity index (χ3v) is 5.82. The predicted molar refractivity (Wildman–Crippen MR) is 142 cm³/mol. The minimum Gasteiger partial charge on any atom is -0.497 e. The number of fused-ring (bicyclic) bond motifs is 1. The van der Waals surface area contributed by atoms with Gasteiger partial charge in [0.25, 0.3) is 0 Å². The molecule has 0 saturated heterocycles. The Hall–Kier alpha value is -4.47. The zero-order valence-corrected chi connectivity index (χ0v) is 21.9. The van der Waals surface area contributed by atoms with E-state index in [0.29, 0.717) is 28.1 Å². The first-order valence-corrected chi connectivity index (χ1v) is 12.0. The number of hydrogen-bond donors (Lipinski definition) is 1. The predicted octanol–water partition coefficient (Wildman–Crippen LogP) is 4.28. The van der Waals surface area contributed by atoms with Gasteiger partial charge in [-0.05, 0) is 63.2 Å². The Morgan fingerprint density at radius 1 is 1.03 bits per heavy atom. The van der Waals surface area contributed by atoms with Crippen molar-refractivity contribution in [3.8, 4) is 11.5 Å². The van der Waals surface area contributed by atoms with E-state index in [-0.39, 0.29) is 12.2 Å². The van der Waals surface area contributed by atoms with Crippen molar-refractivity contribution in [3.63, 3.8) is 0 Å². The van der Waals surface area contributed by atoms with E-state index in [0.717, 1.165) is 4.90 Å². The molecule has 0 aliphatic heterocycles. The zero-order chi connectivity index (χ0) is 27.4. The number of hydrogen-bond acceptors (Lipinski definition) is 6. The number of para-hydroxylation sites is 2. The van der Waals surface area contributed by atoms with Crippen LogP contribution in [0.15, 0.2) is 66.7 Å². The van der Waals surface area contributed by atoms with Crippen LogP contribution < -0.4 is 19.7 Å². The summed E-state index contributed by atoms with van der Waals surface area (Å²) in [5.41, 5.74) is 0.848. The fraction of sp³-hybridized carbons (Fsp3) is 0.286. The number of rotatable bonds is 8. The maximum Gasteiger partial charge on any atom is 0.249 e. The van der Waals surface area contributed by atoms with Gasteiger partial charge in [-0.25, -0.2) is 9.07 Å². The van der Waals surface area contributed by atoms with Crippen molar-refractivity contribution >= 4 is 28.5 Å². The molecule has 198 valence electrons. The lowest BCUT2D eigenvalue weighted by atomic mass is 9.99. The molecule has 10 heteroatoms. The van der Waals surface area contributed by atoms with E-state index in [2.05, 4.69) is 15.6 Å². The van der Waals surface area contributed by atoms with Crippen molar-refractivity contribution in [2.24, 2.45) is 0 Å². The van der Waals surface area contributed by atoms with Crippen LogP contribution in [0.4, 0.5) is 10.1 Å². The maximum atomic E-state index is 15.3. The van der Waals surface area contributed by atoms with Crippen LogP contribution >= 0.6 is 0 Å². The first-order chi connectivity index (χ1) is 18.1. The van der Waals surface area contributed by atoms with E-state index in [1.165, 1.54) is 37.1 Å². The Balaban J connectivity index is 1.91. The van der Waals surface area contributed by atoms with Crippen LogP contribution in [0.25, 0.3) is 11.0 Å². The van der Waals surface area contributed by atoms with Gasteiger partial charge in [0.2, 0.25) is 11.8 Å². The summed E-state index contributed by atoms with van der Waals surface area (Å²) in [6.45, 7) is 5.17. The van der Waals surface area contributed by atoms with Gasteiger partial charge < -0.3 is 14.8 Å². The van der Waals surface area contributed by atoms with Crippen LogP contribution in [0.3, 0.4) is 0 Å². The van der Waals surface area contributed by atoms with Crippen LogP contribution in [0, 0.1) is 5.82 Å². The molecule has 0 radical (unpaired) electrons. The Kier molecular flexibility index (Phi) is 7.61. The second kappa shape index (κ2) is 10.9. The van der Waals surface area contributed by atoms with E-state index >= 15 is 4.39 Å². The van der Waals surface area contributed by atoms with Gasteiger partial charge in [0.15, 0.2) is 0 Å². The largest absolute Gasteiger partial charge is 0.497 e. The maximum absolute atomic E-state index is 15.3. The summed E-state index contributed by atoms with van der Waals surface area (Å²) in [4.78, 5) is 29.1. The van der Waals surface area contributed by atoms with Crippen molar-refractivity contribution in [1.82, 2.24) is 20.3 Å². The Morgan fingerprint density at radius 2 is 1.74 bits per heavy atom. The summed E-state index contributed by atoms with van der Waals surface area (Å²) in [7, 11) is 2.95. The van der Waals surface area contributed by atoms with Gasteiger partial charge >= 0.3 is 0 Å². The number of ether oxygens (including phenoxy) is 2. The summed E-state index contributed by atoms with van der Waals surface area (Å²) in [5, 5.41) is 11.2. The highest BCUT2D eigenvalue weighted by molar-refractivity contribution is 6.02. The minimum absolute atomic E-state index is 0.0687. The topological polar surface area (TPSA) is 98.6 Å². The van der Waals surface area contributed by atoms with Crippen LogP contribution in [-0.2, 0) is 16.1 Å². The summed E-state index contributed by atoms with van der Waals surface area (Å²) in [6, 6.07) is 16.6. The quantitative estimate of drug-likeness (QED) is 0.373. The molecular weight excluding hydrogens is 489 g/mol. The molecule has 38 heavy (non-hydrogen) atoms. The van der Waals surface area contributed by atoms with Crippen molar-refractivity contribution in [2.45, 2.75) is 38.9 Å². The second-order valence-electron chi connectivity index (χ2n) is 9.70. The third kappa shape index (κ3) is 5.59. The number of nitrogens with one attached hydrogen (secondary N) is 1. The average Bonchev–Trinajstić information content (AvgIpc) is 3.29. The third-order valence-electron chi connectivity index (χ3n) is 5.82. The smallest absolute Gasteiger partial charge is 0.249 e. The summed E-state index contributed by atoms with van der Waals surface area (Å²) >= 11 is 0. The van der Waals surface area contributed by atoms with E-state index in [4.69, 9.17) is 9.47 Å². The van der Waals surface area contributed by atoms with Gasteiger partial charge in [0.1, 0.15) is 35.4 Å². The molecule has 1 atom stereocenters. The van der Waals surface area contributed by atoms with Crippen LogP contribution in [0.5, 0.6) is 11.5 Å². The number of benzene rings is 3. The van der Waals surface area contributed by atoms with Gasteiger partial charge in [-0.1, -0.05) is 29.5 Å². The van der Waals surface area contributed by atoms with E-state index in [9.17, 15) is 9.59 Å². The number of halogens is 1. The standard InChI is InChI=1S/C28H30FN5O4/c1-28(2,3)30-27(36)26(19-16-18(37-4)14-15-24(19)38-5)34(22-12-8-6-10-20(22)29)25(35)17-33-23-13-9-7-11-21(23)31-32-33/h6-16,26H,17H2,1-5H3,(H,30,36). The molecule has 0 saturated carbocycles. The SMILES string of the molecule is COc1ccc(OC)c(C(C(=O)NC(C)(C)C)N(C(=O)Cn2nnc3ccccc32)c2ccccc2F)c1. The van der Waals surface area contributed by atoms with Gasteiger partial charge in [-0.3, -0.25) is 14.5 Å². The van der Waals surface area contributed by atoms with Crippen LogP contribution in [-0.4, -0.2) is 46.6 Å². The first-order valence-electron chi connectivity index (χ1n) is 12.0. The van der Waals surface area contributed by atoms with E-state index < -0.39 is 29.2 Å². The molecule has 3 aromatic carbocycles. The highest BCUT2D eigenvalue weighted by atomic mass is 19.1. The molecule has 1 heterocycles. The molecule has 9 nitrogen and oxygen atoms in total. The van der Waals surface area contributed by atoms with Crippen LogP contribution in [0.1, 0.15) is 32.4 Å². The average molecular weight is 520 g/mol. The molecule has 1 aromatic heterocycles. The molecular formula is C28H30FN5O4. The van der Waals surface area contributed by atoms with E-state index in [1.54, 1.807) is 36.4 Å². The Bertz CT molecular complexity index is 1460.